The van der Waals surface area contributed by atoms with Crippen molar-refractivity contribution in [3.05, 3.63) is 52.0 Å². The van der Waals surface area contributed by atoms with Gasteiger partial charge in [0.1, 0.15) is 0 Å². The van der Waals surface area contributed by atoms with E-state index in [0.29, 0.717) is 16.3 Å². The average molecular weight is 303 g/mol. The lowest BCUT2D eigenvalue weighted by molar-refractivity contribution is 0.0954. The first-order valence-electron chi connectivity index (χ1n) is 6.69. The van der Waals surface area contributed by atoms with Crippen LogP contribution in [0.4, 0.5) is 0 Å². The van der Waals surface area contributed by atoms with Gasteiger partial charge in [-0.2, -0.15) is 0 Å². The largest absolute Gasteiger partial charge is 0.354 e. The minimum Gasteiger partial charge on any atom is -0.354 e. The van der Waals surface area contributed by atoms with Crippen molar-refractivity contribution in [3.63, 3.8) is 0 Å². The molecule has 0 aliphatic heterocycles. The molecule has 0 aliphatic rings. The number of pyridine rings is 1. The molecule has 5 nitrogen and oxygen atoms in total. The molecule has 2 aromatic rings. The number of thiophene rings is 1. The quantitative estimate of drug-likeness (QED) is 0.800. The zero-order valence-corrected chi connectivity index (χ0v) is 12.6. The Morgan fingerprint density at radius 1 is 1.10 bits per heavy atom. The summed E-state index contributed by atoms with van der Waals surface area (Å²) in [5.74, 6) is -0.304. The second-order valence-electron chi connectivity index (χ2n) is 4.46. The number of aromatic nitrogens is 1. The van der Waals surface area contributed by atoms with Crippen molar-refractivity contribution in [2.45, 2.75) is 12.8 Å². The highest BCUT2D eigenvalue weighted by molar-refractivity contribution is 7.15. The van der Waals surface area contributed by atoms with Crippen LogP contribution in [0.15, 0.2) is 36.7 Å². The number of aryl methyl sites for hydroxylation is 1. The van der Waals surface area contributed by atoms with E-state index in [2.05, 4.69) is 15.6 Å². The zero-order chi connectivity index (χ0) is 15.1. The SMILES string of the molecule is CNC(=O)c1ccc(C(=O)NCCCc2ccncc2)s1. The van der Waals surface area contributed by atoms with Crippen molar-refractivity contribution in [2.75, 3.05) is 13.6 Å². The van der Waals surface area contributed by atoms with E-state index in [1.807, 2.05) is 12.1 Å². The standard InChI is InChI=1S/C15H17N3O2S/c1-16-14(19)12-4-5-13(21-12)15(20)18-8-2-3-11-6-9-17-10-7-11/h4-7,9-10H,2-3,8H2,1H3,(H,16,19)(H,18,20). The first kappa shape index (κ1) is 15.2. The second-order valence-corrected chi connectivity index (χ2v) is 5.54. The van der Waals surface area contributed by atoms with E-state index in [1.165, 1.54) is 16.9 Å². The maximum absolute atomic E-state index is 11.9. The van der Waals surface area contributed by atoms with E-state index in [-0.39, 0.29) is 11.8 Å². The normalized spacial score (nSPS) is 10.1. The van der Waals surface area contributed by atoms with Crippen molar-refractivity contribution in [1.82, 2.24) is 15.6 Å². The van der Waals surface area contributed by atoms with Crippen LogP contribution >= 0.6 is 11.3 Å². The Morgan fingerprint density at radius 3 is 2.43 bits per heavy atom. The molecule has 0 aromatic carbocycles. The van der Waals surface area contributed by atoms with E-state index in [1.54, 1.807) is 31.6 Å². The molecular formula is C15H17N3O2S. The maximum atomic E-state index is 11.9. The molecule has 0 atom stereocenters. The van der Waals surface area contributed by atoms with E-state index in [4.69, 9.17) is 0 Å². The van der Waals surface area contributed by atoms with Gasteiger partial charge >= 0.3 is 0 Å². The Hall–Kier alpha value is -2.21. The molecule has 2 rings (SSSR count). The summed E-state index contributed by atoms with van der Waals surface area (Å²) in [6.07, 6.45) is 5.29. The highest BCUT2D eigenvalue weighted by Crippen LogP contribution is 2.16. The Bertz CT molecular complexity index is 610. The van der Waals surface area contributed by atoms with Gasteiger partial charge in [-0.15, -0.1) is 11.3 Å². The lowest BCUT2D eigenvalue weighted by Crippen LogP contribution is -2.23. The molecule has 0 aliphatic carbocycles. The average Bonchev–Trinajstić information content (AvgIpc) is 3.01. The number of hydrogen-bond acceptors (Lipinski definition) is 4. The summed E-state index contributed by atoms with van der Waals surface area (Å²) in [5, 5.41) is 5.40. The molecule has 0 radical (unpaired) electrons. The topological polar surface area (TPSA) is 71.1 Å². The van der Waals surface area contributed by atoms with E-state index < -0.39 is 0 Å². The molecule has 0 spiro atoms. The van der Waals surface area contributed by atoms with Gasteiger partial charge in [-0.05, 0) is 42.7 Å². The molecule has 0 unspecified atom stereocenters. The van der Waals surface area contributed by atoms with Gasteiger partial charge in [0, 0.05) is 26.0 Å². The molecule has 110 valence electrons. The van der Waals surface area contributed by atoms with Crippen LogP contribution in [0.1, 0.15) is 31.3 Å². The maximum Gasteiger partial charge on any atom is 0.261 e. The van der Waals surface area contributed by atoms with E-state index in [9.17, 15) is 9.59 Å². The van der Waals surface area contributed by atoms with Gasteiger partial charge in [-0.3, -0.25) is 14.6 Å². The highest BCUT2D eigenvalue weighted by atomic mass is 32.1. The van der Waals surface area contributed by atoms with Gasteiger partial charge in [0.05, 0.1) is 9.75 Å². The van der Waals surface area contributed by atoms with Crippen molar-refractivity contribution in [1.29, 1.82) is 0 Å². The zero-order valence-electron chi connectivity index (χ0n) is 11.8. The van der Waals surface area contributed by atoms with Gasteiger partial charge in [-0.1, -0.05) is 0 Å². The van der Waals surface area contributed by atoms with Gasteiger partial charge in [0.2, 0.25) is 0 Å². The summed E-state index contributed by atoms with van der Waals surface area (Å²) in [5.41, 5.74) is 1.21. The van der Waals surface area contributed by atoms with E-state index >= 15 is 0 Å². The van der Waals surface area contributed by atoms with Crippen LogP contribution in [0.3, 0.4) is 0 Å². The number of hydrogen-bond donors (Lipinski definition) is 2. The minimum absolute atomic E-state index is 0.134. The fourth-order valence-electron chi connectivity index (χ4n) is 1.84. The number of nitrogens with zero attached hydrogens (tertiary/aromatic N) is 1. The van der Waals surface area contributed by atoms with Crippen LogP contribution in [0.25, 0.3) is 0 Å². The molecule has 21 heavy (non-hydrogen) atoms. The number of amides is 2. The fraction of sp³-hybridized carbons (Fsp3) is 0.267. The molecule has 0 saturated carbocycles. The fourth-order valence-corrected chi connectivity index (χ4v) is 2.70. The Morgan fingerprint density at radius 2 is 1.76 bits per heavy atom. The number of carbonyl (C=O) groups is 2. The van der Waals surface area contributed by atoms with Crippen LogP contribution in [-0.4, -0.2) is 30.4 Å². The summed E-state index contributed by atoms with van der Waals surface area (Å²) in [6, 6.07) is 7.27. The third kappa shape index (κ3) is 4.39. The first-order valence-corrected chi connectivity index (χ1v) is 7.51. The molecule has 2 N–H and O–H groups in total. The summed E-state index contributed by atoms with van der Waals surface area (Å²) < 4.78 is 0. The van der Waals surface area contributed by atoms with Gasteiger partial charge in [0.15, 0.2) is 0 Å². The number of nitrogens with one attached hydrogen (secondary N) is 2. The third-order valence-corrected chi connectivity index (χ3v) is 4.04. The Balaban J connectivity index is 1.77. The molecule has 0 fully saturated rings. The van der Waals surface area contributed by atoms with Gasteiger partial charge < -0.3 is 10.6 Å². The molecule has 0 saturated heterocycles. The van der Waals surface area contributed by atoms with Crippen molar-refractivity contribution < 1.29 is 9.59 Å². The lowest BCUT2D eigenvalue weighted by Gasteiger charge is -2.03. The van der Waals surface area contributed by atoms with Crippen LogP contribution < -0.4 is 10.6 Å². The van der Waals surface area contributed by atoms with Crippen LogP contribution in [0.5, 0.6) is 0 Å². The highest BCUT2D eigenvalue weighted by Gasteiger charge is 2.12. The summed E-state index contributed by atoms with van der Waals surface area (Å²) in [6.45, 7) is 0.606. The molecular weight excluding hydrogens is 286 g/mol. The second kappa shape index (κ2) is 7.54. The minimum atomic E-state index is -0.170. The Labute approximate surface area is 127 Å². The lowest BCUT2D eigenvalue weighted by atomic mass is 10.1. The van der Waals surface area contributed by atoms with Gasteiger partial charge in [0.25, 0.3) is 11.8 Å². The van der Waals surface area contributed by atoms with E-state index in [0.717, 1.165) is 12.8 Å². The van der Waals surface area contributed by atoms with Crippen molar-refractivity contribution in [3.8, 4) is 0 Å². The summed E-state index contributed by atoms with van der Waals surface area (Å²) in [4.78, 5) is 28.4. The molecule has 6 heteroatoms. The number of rotatable bonds is 6. The molecule has 2 aromatic heterocycles. The molecule has 2 heterocycles. The van der Waals surface area contributed by atoms with Crippen LogP contribution in [0, 0.1) is 0 Å². The van der Waals surface area contributed by atoms with Crippen LogP contribution in [-0.2, 0) is 6.42 Å². The molecule has 0 bridgehead atoms. The number of carbonyl (C=O) groups excluding carboxylic acids is 2. The van der Waals surface area contributed by atoms with Crippen molar-refractivity contribution in [2.24, 2.45) is 0 Å². The predicted octanol–water partition coefficient (Wildman–Crippen LogP) is 1.87. The summed E-state index contributed by atoms with van der Waals surface area (Å²) >= 11 is 1.20. The summed E-state index contributed by atoms with van der Waals surface area (Å²) in [7, 11) is 1.57. The smallest absolute Gasteiger partial charge is 0.261 e. The monoisotopic (exact) mass is 303 g/mol. The first-order chi connectivity index (χ1) is 10.2. The third-order valence-electron chi connectivity index (χ3n) is 2.96. The molecule has 2 amide bonds. The Kier molecular flexibility index (Phi) is 5.45. The van der Waals surface area contributed by atoms with Gasteiger partial charge in [-0.25, -0.2) is 0 Å². The van der Waals surface area contributed by atoms with Crippen LogP contribution in [0.2, 0.25) is 0 Å². The predicted molar refractivity (Wildman–Crippen MR) is 82.6 cm³/mol. The van der Waals surface area contributed by atoms with Crippen molar-refractivity contribution >= 4 is 23.2 Å².